The molecule has 2 fully saturated rings. The van der Waals surface area contributed by atoms with Crippen molar-refractivity contribution in [1.29, 1.82) is 0 Å². The van der Waals surface area contributed by atoms with E-state index in [9.17, 15) is 9.59 Å². The number of rotatable bonds is 2. The molecule has 2 aliphatic heterocycles. The van der Waals surface area contributed by atoms with Crippen LogP contribution in [0.3, 0.4) is 0 Å². The molecule has 0 radical (unpaired) electrons. The summed E-state index contributed by atoms with van der Waals surface area (Å²) >= 11 is 0. The maximum atomic E-state index is 12.5. The van der Waals surface area contributed by atoms with Gasteiger partial charge >= 0.3 is 6.09 Å². The largest absolute Gasteiger partial charge is 0.444 e. The number of nitrogens with zero attached hydrogens (tertiary/aromatic N) is 2. The lowest BCUT2D eigenvalue weighted by Crippen LogP contribution is -2.43. The molecule has 0 unspecified atom stereocenters. The third-order valence-electron chi connectivity index (χ3n) is 5.09. The summed E-state index contributed by atoms with van der Waals surface area (Å²) in [7, 11) is 0. The normalized spacial score (nSPS) is 28.8. The minimum Gasteiger partial charge on any atom is -0.444 e. The van der Waals surface area contributed by atoms with E-state index in [0.717, 1.165) is 25.9 Å². The Morgan fingerprint density at radius 2 is 1.65 bits per heavy atom. The number of ether oxygens (including phenoxy) is 1. The minimum absolute atomic E-state index is 0.250. The van der Waals surface area contributed by atoms with Crippen LogP contribution in [0.25, 0.3) is 0 Å². The van der Waals surface area contributed by atoms with Crippen molar-refractivity contribution in [3.8, 4) is 0 Å². The molecular formula is C18H32N2O3. The van der Waals surface area contributed by atoms with Crippen molar-refractivity contribution in [3.05, 3.63) is 0 Å². The SMILES string of the molecule is C[C@@H]1CCN(C(=O)C[C@@H]2CCN(C(=O)OC(C)(C)C)C2)C[C@H]1C. The highest BCUT2D eigenvalue weighted by Gasteiger charge is 2.33. The Balaban J connectivity index is 1.79. The van der Waals surface area contributed by atoms with E-state index < -0.39 is 5.60 Å². The first-order chi connectivity index (χ1) is 10.7. The first kappa shape index (κ1) is 18.1. The van der Waals surface area contributed by atoms with Gasteiger partial charge in [0, 0.05) is 32.6 Å². The van der Waals surface area contributed by atoms with E-state index in [0.29, 0.717) is 31.3 Å². The summed E-state index contributed by atoms with van der Waals surface area (Å²) in [5.74, 6) is 1.80. The van der Waals surface area contributed by atoms with Gasteiger partial charge in [-0.1, -0.05) is 13.8 Å². The van der Waals surface area contributed by atoms with E-state index in [1.165, 1.54) is 0 Å². The molecular weight excluding hydrogens is 292 g/mol. The molecule has 3 atom stereocenters. The Labute approximate surface area is 140 Å². The first-order valence-corrected chi connectivity index (χ1v) is 8.91. The molecule has 2 saturated heterocycles. The van der Waals surface area contributed by atoms with Gasteiger partial charge in [0.15, 0.2) is 0 Å². The van der Waals surface area contributed by atoms with Gasteiger partial charge in [-0.15, -0.1) is 0 Å². The van der Waals surface area contributed by atoms with Gasteiger partial charge < -0.3 is 14.5 Å². The molecule has 2 heterocycles. The minimum atomic E-state index is -0.467. The average molecular weight is 324 g/mol. The van der Waals surface area contributed by atoms with E-state index >= 15 is 0 Å². The molecule has 5 nitrogen and oxygen atoms in total. The summed E-state index contributed by atoms with van der Waals surface area (Å²) in [5, 5.41) is 0. The van der Waals surface area contributed by atoms with E-state index in [4.69, 9.17) is 4.74 Å². The van der Waals surface area contributed by atoms with Gasteiger partial charge in [0.25, 0.3) is 0 Å². The summed E-state index contributed by atoms with van der Waals surface area (Å²) in [5.41, 5.74) is -0.467. The van der Waals surface area contributed by atoms with Crippen LogP contribution in [-0.2, 0) is 9.53 Å². The molecule has 2 amide bonds. The van der Waals surface area contributed by atoms with Crippen molar-refractivity contribution in [2.45, 2.75) is 59.5 Å². The molecule has 2 aliphatic rings. The summed E-state index contributed by atoms with van der Waals surface area (Å²) < 4.78 is 5.41. The molecule has 0 aliphatic carbocycles. The number of amides is 2. The Kier molecular flexibility index (Phi) is 5.58. The maximum absolute atomic E-state index is 12.5. The molecule has 0 bridgehead atoms. The topological polar surface area (TPSA) is 49.9 Å². The molecule has 2 rings (SSSR count). The highest BCUT2D eigenvalue weighted by atomic mass is 16.6. The number of piperidine rings is 1. The van der Waals surface area contributed by atoms with Crippen LogP contribution < -0.4 is 0 Å². The van der Waals surface area contributed by atoms with Crippen molar-refractivity contribution in [1.82, 2.24) is 9.80 Å². The lowest BCUT2D eigenvalue weighted by Gasteiger charge is -2.35. The summed E-state index contributed by atoms with van der Waals surface area (Å²) in [6.45, 7) is 13.2. The fraction of sp³-hybridized carbons (Fsp3) is 0.889. The van der Waals surface area contributed by atoms with E-state index in [-0.39, 0.29) is 17.9 Å². The van der Waals surface area contributed by atoms with Crippen LogP contribution >= 0.6 is 0 Å². The Bertz CT molecular complexity index is 444. The van der Waals surface area contributed by atoms with Crippen molar-refractivity contribution in [2.24, 2.45) is 17.8 Å². The second-order valence-electron chi connectivity index (χ2n) is 8.37. The molecule has 132 valence electrons. The number of hydrogen-bond donors (Lipinski definition) is 0. The van der Waals surface area contributed by atoms with Crippen LogP contribution in [0.4, 0.5) is 4.79 Å². The van der Waals surface area contributed by atoms with Crippen molar-refractivity contribution in [2.75, 3.05) is 26.2 Å². The zero-order valence-electron chi connectivity index (χ0n) is 15.3. The van der Waals surface area contributed by atoms with Gasteiger partial charge in [-0.2, -0.15) is 0 Å². The monoisotopic (exact) mass is 324 g/mol. The van der Waals surface area contributed by atoms with Crippen LogP contribution in [0.5, 0.6) is 0 Å². The highest BCUT2D eigenvalue weighted by Crippen LogP contribution is 2.26. The molecule has 5 heteroatoms. The van der Waals surface area contributed by atoms with Gasteiger partial charge in [-0.3, -0.25) is 4.79 Å². The lowest BCUT2D eigenvalue weighted by atomic mass is 9.88. The zero-order valence-corrected chi connectivity index (χ0v) is 15.3. The van der Waals surface area contributed by atoms with Crippen molar-refractivity contribution >= 4 is 12.0 Å². The molecule has 0 aromatic carbocycles. The summed E-state index contributed by atoms with van der Waals surface area (Å²) in [6, 6.07) is 0. The van der Waals surface area contributed by atoms with Crippen LogP contribution in [0.2, 0.25) is 0 Å². The van der Waals surface area contributed by atoms with Gasteiger partial charge in [0.2, 0.25) is 5.91 Å². The van der Waals surface area contributed by atoms with Gasteiger partial charge in [0.05, 0.1) is 0 Å². The zero-order chi connectivity index (χ0) is 17.2. The van der Waals surface area contributed by atoms with E-state index in [2.05, 4.69) is 13.8 Å². The third-order valence-corrected chi connectivity index (χ3v) is 5.09. The molecule has 0 saturated carbocycles. The van der Waals surface area contributed by atoms with Gasteiger partial charge in [-0.05, 0) is 51.4 Å². The number of carbonyl (C=O) groups excluding carboxylic acids is 2. The smallest absolute Gasteiger partial charge is 0.410 e. The second kappa shape index (κ2) is 7.10. The van der Waals surface area contributed by atoms with Gasteiger partial charge in [-0.25, -0.2) is 4.79 Å². The van der Waals surface area contributed by atoms with Crippen molar-refractivity contribution in [3.63, 3.8) is 0 Å². The second-order valence-corrected chi connectivity index (χ2v) is 8.37. The molecule has 0 aromatic rings. The Morgan fingerprint density at radius 1 is 1.00 bits per heavy atom. The molecule has 23 heavy (non-hydrogen) atoms. The summed E-state index contributed by atoms with van der Waals surface area (Å²) in [6.07, 6.45) is 2.29. The Hall–Kier alpha value is -1.26. The van der Waals surface area contributed by atoms with Crippen LogP contribution in [0, 0.1) is 17.8 Å². The Morgan fingerprint density at radius 3 is 2.26 bits per heavy atom. The average Bonchev–Trinajstić information content (AvgIpc) is 2.88. The standard InChI is InChI=1S/C18H32N2O3/c1-13-6-8-19(11-14(13)2)16(21)10-15-7-9-20(12-15)17(22)23-18(3,4)5/h13-15H,6-12H2,1-5H3/t13-,14-,15+/m1/s1. The predicted octanol–water partition coefficient (Wildman–Crippen LogP) is 3.14. The fourth-order valence-corrected chi connectivity index (χ4v) is 3.36. The van der Waals surface area contributed by atoms with Crippen LogP contribution in [-0.4, -0.2) is 53.6 Å². The van der Waals surface area contributed by atoms with Crippen LogP contribution in [0.15, 0.2) is 0 Å². The molecule has 0 aromatic heterocycles. The highest BCUT2D eigenvalue weighted by molar-refractivity contribution is 5.77. The fourth-order valence-electron chi connectivity index (χ4n) is 3.36. The molecule has 0 N–H and O–H groups in total. The maximum Gasteiger partial charge on any atom is 0.410 e. The van der Waals surface area contributed by atoms with Crippen LogP contribution in [0.1, 0.15) is 53.9 Å². The number of hydrogen-bond acceptors (Lipinski definition) is 3. The summed E-state index contributed by atoms with van der Waals surface area (Å²) in [4.78, 5) is 28.3. The third kappa shape index (κ3) is 5.11. The number of likely N-dealkylation sites (tertiary alicyclic amines) is 2. The van der Waals surface area contributed by atoms with E-state index in [1.54, 1.807) is 4.90 Å². The number of carbonyl (C=O) groups is 2. The quantitative estimate of drug-likeness (QED) is 0.784. The molecule has 0 spiro atoms. The van der Waals surface area contributed by atoms with Gasteiger partial charge in [0.1, 0.15) is 5.60 Å². The lowest BCUT2D eigenvalue weighted by molar-refractivity contribution is -0.134. The van der Waals surface area contributed by atoms with Crippen molar-refractivity contribution < 1.29 is 14.3 Å². The first-order valence-electron chi connectivity index (χ1n) is 8.91. The predicted molar refractivity (Wildman–Crippen MR) is 90.1 cm³/mol. The van der Waals surface area contributed by atoms with E-state index in [1.807, 2.05) is 25.7 Å².